The van der Waals surface area contributed by atoms with E-state index in [0.29, 0.717) is 35.1 Å². The highest BCUT2D eigenvalue weighted by atomic mass is 35.5. The number of hydrogen-bond acceptors (Lipinski definition) is 5. The van der Waals surface area contributed by atoms with Crippen molar-refractivity contribution >= 4 is 29.2 Å². The maximum absolute atomic E-state index is 11.8. The zero-order chi connectivity index (χ0) is 19.6. The molecule has 27 heavy (non-hydrogen) atoms. The number of nitrogens with zero attached hydrogens (tertiary/aromatic N) is 1. The standard InChI is InChI=1S/C20H19ClN2O4/c1-14-11-16(8-9-17(14)21)26-10-4-7-20(25)27-13-19(24)23-18-6-3-2-5-15(18)12-22/h2-3,5-6,8-9,11H,4,7,10,13H2,1H3,(H,23,24). The van der Waals surface area contributed by atoms with Gasteiger partial charge in [-0.2, -0.15) is 5.26 Å². The van der Waals surface area contributed by atoms with Crippen molar-refractivity contribution < 1.29 is 19.1 Å². The molecule has 0 bridgehead atoms. The molecule has 0 atom stereocenters. The Bertz CT molecular complexity index is 861. The van der Waals surface area contributed by atoms with Crippen molar-refractivity contribution in [3.63, 3.8) is 0 Å². The molecular weight excluding hydrogens is 368 g/mol. The third-order valence-electron chi connectivity index (χ3n) is 3.61. The van der Waals surface area contributed by atoms with Gasteiger partial charge in [0.15, 0.2) is 6.61 Å². The average Bonchev–Trinajstić information content (AvgIpc) is 2.66. The lowest BCUT2D eigenvalue weighted by atomic mass is 10.2. The van der Waals surface area contributed by atoms with Crippen molar-refractivity contribution in [2.75, 3.05) is 18.5 Å². The second kappa shape index (κ2) is 10.2. The Kier molecular flexibility index (Phi) is 7.65. The van der Waals surface area contributed by atoms with Gasteiger partial charge in [-0.15, -0.1) is 0 Å². The van der Waals surface area contributed by atoms with Crippen LogP contribution in [0.15, 0.2) is 42.5 Å². The molecule has 0 aromatic heterocycles. The summed E-state index contributed by atoms with van der Waals surface area (Å²) in [7, 11) is 0. The Morgan fingerprint density at radius 2 is 2.00 bits per heavy atom. The predicted octanol–water partition coefficient (Wildman–Crippen LogP) is 3.86. The Morgan fingerprint density at radius 3 is 2.74 bits per heavy atom. The first-order chi connectivity index (χ1) is 13.0. The molecule has 140 valence electrons. The van der Waals surface area contributed by atoms with Crippen molar-refractivity contribution in [1.29, 1.82) is 5.26 Å². The van der Waals surface area contributed by atoms with Crippen molar-refractivity contribution in [1.82, 2.24) is 0 Å². The number of anilines is 1. The Labute approximate surface area is 162 Å². The average molecular weight is 387 g/mol. The van der Waals surface area contributed by atoms with E-state index in [1.165, 1.54) is 0 Å². The molecule has 0 heterocycles. The summed E-state index contributed by atoms with van der Waals surface area (Å²) in [5.74, 6) is -0.311. The minimum atomic E-state index is -0.501. The Hall–Kier alpha value is -3.04. The summed E-state index contributed by atoms with van der Waals surface area (Å²) in [4.78, 5) is 23.5. The van der Waals surface area contributed by atoms with Gasteiger partial charge < -0.3 is 14.8 Å². The SMILES string of the molecule is Cc1cc(OCCCC(=O)OCC(=O)Nc2ccccc2C#N)ccc1Cl. The Morgan fingerprint density at radius 1 is 1.22 bits per heavy atom. The summed E-state index contributed by atoms with van der Waals surface area (Å²) >= 11 is 5.95. The van der Waals surface area contributed by atoms with Gasteiger partial charge in [0.05, 0.1) is 17.9 Å². The van der Waals surface area contributed by atoms with E-state index in [0.717, 1.165) is 5.56 Å². The molecule has 0 saturated heterocycles. The first-order valence-electron chi connectivity index (χ1n) is 8.33. The second-order valence-electron chi connectivity index (χ2n) is 5.73. The number of ether oxygens (including phenoxy) is 2. The number of halogens is 1. The smallest absolute Gasteiger partial charge is 0.306 e. The molecule has 0 aliphatic rings. The van der Waals surface area contributed by atoms with Crippen molar-refractivity contribution in [3.8, 4) is 11.8 Å². The second-order valence-corrected chi connectivity index (χ2v) is 6.14. The summed E-state index contributed by atoms with van der Waals surface area (Å²) in [5.41, 5.74) is 1.64. The van der Waals surface area contributed by atoms with Crippen LogP contribution in [0.4, 0.5) is 5.69 Å². The van der Waals surface area contributed by atoms with E-state index in [2.05, 4.69) is 5.32 Å². The van der Waals surface area contributed by atoms with Gasteiger partial charge in [-0.1, -0.05) is 23.7 Å². The quantitative estimate of drug-likeness (QED) is 0.549. The van der Waals surface area contributed by atoms with Crippen LogP contribution in [0.2, 0.25) is 5.02 Å². The highest BCUT2D eigenvalue weighted by molar-refractivity contribution is 6.31. The van der Waals surface area contributed by atoms with Crippen LogP contribution in [0, 0.1) is 18.3 Å². The minimum absolute atomic E-state index is 0.134. The summed E-state index contributed by atoms with van der Waals surface area (Å²) in [6, 6.07) is 13.9. The van der Waals surface area contributed by atoms with Crippen molar-refractivity contribution in [2.24, 2.45) is 0 Å². The van der Waals surface area contributed by atoms with Gasteiger partial charge in [-0.3, -0.25) is 9.59 Å². The highest BCUT2D eigenvalue weighted by Crippen LogP contribution is 2.21. The molecule has 1 N–H and O–H groups in total. The maximum Gasteiger partial charge on any atom is 0.306 e. The van der Waals surface area contributed by atoms with Crippen LogP contribution in [-0.2, 0) is 14.3 Å². The van der Waals surface area contributed by atoms with Crippen LogP contribution in [0.1, 0.15) is 24.0 Å². The number of nitriles is 1. The molecular formula is C20H19ClN2O4. The number of benzene rings is 2. The molecule has 2 aromatic rings. The molecule has 2 aromatic carbocycles. The van der Waals surface area contributed by atoms with E-state index >= 15 is 0 Å². The molecule has 2 rings (SSSR count). The zero-order valence-electron chi connectivity index (χ0n) is 14.8. The maximum atomic E-state index is 11.8. The number of hydrogen-bond donors (Lipinski definition) is 1. The van der Waals surface area contributed by atoms with Crippen LogP contribution in [0.5, 0.6) is 5.75 Å². The number of aryl methyl sites for hydroxylation is 1. The fourth-order valence-corrected chi connectivity index (χ4v) is 2.33. The van der Waals surface area contributed by atoms with Gasteiger partial charge in [0.25, 0.3) is 5.91 Å². The molecule has 0 unspecified atom stereocenters. The van der Waals surface area contributed by atoms with E-state index in [4.69, 9.17) is 26.3 Å². The van der Waals surface area contributed by atoms with Crippen LogP contribution >= 0.6 is 11.6 Å². The summed E-state index contributed by atoms with van der Waals surface area (Å²) < 4.78 is 10.5. The summed E-state index contributed by atoms with van der Waals surface area (Å²) in [6.45, 7) is 1.82. The van der Waals surface area contributed by atoms with Gasteiger partial charge in [0.1, 0.15) is 11.8 Å². The molecule has 0 spiro atoms. The number of carbonyl (C=O) groups excluding carboxylic acids is 2. The Balaban J connectivity index is 1.66. The monoisotopic (exact) mass is 386 g/mol. The number of nitrogens with one attached hydrogen (secondary N) is 1. The van der Waals surface area contributed by atoms with Crippen molar-refractivity contribution in [2.45, 2.75) is 19.8 Å². The van der Waals surface area contributed by atoms with Gasteiger partial charge >= 0.3 is 5.97 Å². The lowest BCUT2D eigenvalue weighted by Gasteiger charge is -2.09. The number of rotatable bonds is 8. The fraction of sp³-hybridized carbons (Fsp3) is 0.250. The molecule has 0 fully saturated rings. The molecule has 0 radical (unpaired) electrons. The first-order valence-corrected chi connectivity index (χ1v) is 8.71. The minimum Gasteiger partial charge on any atom is -0.494 e. The zero-order valence-corrected chi connectivity index (χ0v) is 15.6. The highest BCUT2D eigenvalue weighted by Gasteiger charge is 2.10. The number of amides is 1. The molecule has 0 aliphatic carbocycles. The van der Waals surface area contributed by atoms with Crippen LogP contribution in [0.3, 0.4) is 0 Å². The molecule has 1 amide bonds. The normalized spacial score (nSPS) is 9.96. The van der Waals surface area contributed by atoms with Gasteiger partial charge in [-0.05, 0) is 49.2 Å². The molecule has 0 saturated carbocycles. The van der Waals surface area contributed by atoms with E-state index in [9.17, 15) is 9.59 Å². The van der Waals surface area contributed by atoms with Crippen LogP contribution < -0.4 is 10.1 Å². The van der Waals surface area contributed by atoms with Gasteiger partial charge in [0.2, 0.25) is 0 Å². The molecule has 0 aliphatic heterocycles. The summed E-state index contributed by atoms with van der Waals surface area (Å²) in [6.07, 6.45) is 0.591. The van der Waals surface area contributed by atoms with E-state index in [1.807, 2.05) is 19.1 Å². The number of carbonyl (C=O) groups is 2. The lowest BCUT2D eigenvalue weighted by molar-refractivity contribution is -0.147. The van der Waals surface area contributed by atoms with E-state index in [1.54, 1.807) is 36.4 Å². The molecule has 7 heteroatoms. The molecule has 6 nitrogen and oxygen atoms in total. The fourth-order valence-electron chi connectivity index (χ4n) is 2.21. The summed E-state index contributed by atoms with van der Waals surface area (Å²) in [5, 5.41) is 12.2. The number of para-hydroxylation sites is 1. The third-order valence-corrected chi connectivity index (χ3v) is 4.03. The number of esters is 1. The topological polar surface area (TPSA) is 88.4 Å². The predicted molar refractivity (Wildman–Crippen MR) is 102 cm³/mol. The van der Waals surface area contributed by atoms with Crippen molar-refractivity contribution in [3.05, 3.63) is 58.6 Å². The van der Waals surface area contributed by atoms with Gasteiger partial charge in [-0.25, -0.2) is 0 Å². The van der Waals surface area contributed by atoms with E-state index < -0.39 is 18.5 Å². The van der Waals surface area contributed by atoms with Crippen LogP contribution in [-0.4, -0.2) is 25.1 Å². The third kappa shape index (κ3) is 6.65. The van der Waals surface area contributed by atoms with Gasteiger partial charge in [0, 0.05) is 11.4 Å². The largest absolute Gasteiger partial charge is 0.494 e. The van der Waals surface area contributed by atoms with Crippen LogP contribution in [0.25, 0.3) is 0 Å². The lowest BCUT2D eigenvalue weighted by Crippen LogP contribution is -2.21. The first kappa shape index (κ1) is 20.3. The van der Waals surface area contributed by atoms with E-state index in [-0.39, 0.29) is 6.42 Å².